The molecule has 1 N–H and O–H groups in total. The molecule has 6 heteroatoms. The topological polar surface area (TPSA) is 60.0 Å². The van der Waals surface area contributed by atoms with E-state index < -0.39 is 0 Å². The Morgan fingerprint density at radius 1 is 0.500 bits per heavy atom. The van der Waals surface area contributed by atoms with Crippen molar-refractivity contribution in [3.8, 4) is 0 Å². The first kappa shape index (κ1) is 45.2. The molecule has 0 aliphatic carbocycles. The van der Waals surface area contributed by atoms with Gasteiger partial charge in [0.15, 0.2) is 6.10 Å². The van der Waals surface area contributed by atoms with E-state index in [1.165, 1.54) is 167 Å². The number of nitrogens with zero attached hydrogens (tertiary/aromatic N) is 1. The van der Waals surface area contributed by atoms with Gasteiger partial charge in [-0.1, -0.05) is 181 Å². The number of hydrogen-bond acceptors (Lipinski definition) is 5. The van der Waals surface area contributed by atoms with Crippen molar-refractivity contribution in [1.82, 2.24) is 10.2 Å². The molecular formula is C40H82N2O4. The van der Waals surface area contributed by atoms with Crippen LogP contribution in [0, 0.1) is 0 Å². The second-order valence-corrected chi connectivity index (χ2v) is 14.1. The summed E-state index contributed by atoms with van der Waals surface area (Å²) < 4.78 is 17.5. The molecule has 0 saturated heterocycles. The molecule has 0 spiro atoms. The summed E-state index contributed by atoms with van der Waals surface area (Å²) in [4.78, 5) is 14.4. The van der Waals surface area contributed by atoms with Gasteiger partial charge in [0.2, 0.25) is 0 Å². The first-order chi connectivity index (χ1) is 22.6. The minimum absolute atomic E-state index is 0.363. The normalized spacial score (nSPS) is 11.6. The second kappa shape index (κ2) is 38.6. The van der Waals surface area contributed by atoms with Crippen LogP contribution in [0.3, 0.4) is 0 Å². The molecule has 0 aromatic rings. The lowest BCUT2D eigenvalue weighted by atomic mass is 10.0. The number of nitrogens with one attached hydrogen (secondary N) is 1. The lowest BCUT2D eigenvalue weighted by Gasteiger charge is -2.19. The van der Waals surface area contributed by atoms with Gasteiger partial charge in [0, 0.05) is 26.3 Å². The Morgan fingerprint density at radius 2 is 0.804 bits per heavy atom. The molecule has 276 valence electrons. The maximum absolute atomic E-state index is 12.3. The molecule has 46 heavy (non-hydrogen) atoms. The number of carbonyl (C=O) groups excluding carboxylic acids is 1. The van der Waals surface area contributed by atoms with Crippen molar-refractivity contribution < 1.29 is 19.0 Å². The van der Waals surface area contributed by atoms with E-state index in [2.05, 4.69) is 19.2 Å². The molecule has 0 rings (SSSR count). The van der Waals surface area contributed by atoms with Gasteiger partial charge in [0.1, 0.15) is 0 Å². The van der Waals surface area contributed by atoms with Gasteiger partial charge in [-0.05, 0) is 26.9 Å². The van der Waals surface area contributed by atoms with Gasteiger partial charge < -0.3 is 24.4 Å². The van der Waals surface area contributed by atoms with Gasteiger partial charge >= 0.3 is 6.09 Å². The Bertz CT molecular complexity index is 554. The number of unbranched alkanes of at least 4 members (excludes halogenated alkanes) is 26. The third-order valence-corrected chi connectivity index (χ3v) is 8.99. The second-order valence-electron chi connectivity index (χ2n) is 14.1. The molecule has 6 nitrogen and oxygen atoms in total. The van der Waals surface area contributed by atoms with E-state index in [1.807, 2.05) is 19.0 Å². The van der Waals surface area contributed by atoms with Crippen LogP contribution in [0.2, 0.25) is 0 Å². The van der Waals surface area contributed by atoms with E-state index in [-0.39, 0.29) is 12.2 Å². The highest BCUT2D eigenvalue weighted by Gasteiger charge is 2.15. The average Bonchev–Trinajstić information content (AvgIpc) is 3.04. The monoisotopic (exact) mass is 655 g/mol. The molecule has 0 bridgehead atoms. The molecule has 0 atom stereocenters. The van der Waals surface area contributed by atoms with Gasteiger partial charge in [0.05, 0.1) is 13.2 Å². The zero-order chi connectivity index (χ0) is 33.6. The Labute approximate surface area is 288 Å². The Kier molecular flexibility index (Phi) is 37.9. The van der Waals surface area contributed by atoms with Crippen LogP contribution >= 0.6 is 0 Å². The molecule has 0 unspecified atom stereocenters. The van der Waals surface area contributed by atoms with Crippen molar-refractivity contribution in [3.63, 3.8) is 0 Å². The fourth-order valence-corrected chi connectivity index (χ4v) is 5.92. The molecule has 0 aliphatic heterocycles. The number of rotatable bonds is 38. The van der Waals surface area contributed by atoms with Gasteiger partial charge in [0.25, 0.3) is 0 Å². The van der Waals surface area contributed by atoms with Crippen molar-refractivity contribution >= 4 is 6.09 Å². The molecule has 0 fully saturated rings. The first-order valence-corrected chi connectivity index (χ1v) is 20.3. The molecule has 0 aromatic heterocycles. The summed E-state index contributed by atoms with van der Waals surface area (Å²) in [5.74, 6) is 0. The van der Waals surface area contributed by atoms with Crippen LogP contribution in [0.5, 0.6) is 0 Å². The lowest BCUT2D eigenvalue weighted by Crippen LogP contribution is -2.37. The fourth-order valence-electron chi connectivity index (χ4n) is 5.92. The van der Waals surface area contributed by atoms with Crippen LogP contribution in [0.15, 0.2) is 0 Å². The van der Waals surface area contributed by atoms with Crippen LogP contribution in [-0.2, 0) is 14.2 Å². The molecule has 0 aromatic carbocycles. The van der Waals surface area contributed by atoms with Crippen LogP contribution in [0.1, 0.15) is 194 Å². The molecule has 1 amide bonds. The van der Waals surface area contributed by atoms with E-state index in [1.54, 1.807) is 0 Å². The maximum atomic E-state index is 12.3. The zero-order valence-corrected chi connectivity index (χ0v) is 31.7. The summed E-state index contributed by atoms with van der Waals surface area (Å²) in [6.07, 6.45) is 37.1. The summed E-state index contributed by atoms with van der Waals surface area (Å²) in [7, 11) is 3.98. The van der Waals surface area contributed by atoms with Crippen molar-refractivity contribution in [2.75, 3.05) is 53.6 Å². The van der Waals surface area contributed by atoms with Crippen LogP contribution in [0.25, 0.3) is 0 Å². The molecular weight excluding hydrogens is 572 g/mol. The fraction of sp³-hybridized carbons (Fsp3) is 0.975. The Balaban J connectivity index is 3.85. The van der Waals surface area contributed by atoms with Crippen LogP contribution in [0.4, 0.5) is 4.79 Å². The van der Waals surface area contributed by atoms with E-state index >= 15 is 0 Å². The summed E-state index contributed by atoms with van der Waals surface area (Å²) in [6.45, 7) is 8.17. The number of carbonyl (C=O) groups is 1. The van der Waals surface area contributed by atoms with Crippen molar-refractivity contribution in [2.45, 2.75) is 200 Å². The summed E-state index contributed by atoms with van der Waals surface area (Å²) in [6, 6.07) is 0. The van der Waals surface area contributed by atoms with E-state index in [0.29, 0.717) is 19.8 Å². The van der Waals surface area contributed by atoms with Crippen molar-refractivity contribution in [3.05, 3.63) is 0 Å². The number of likely N-dealkylation sites (N-methyl/N-ethyl adjacent to an activating group) is 1. The standard InChI is InChI=1S/C40H82N2O4/c1-5-7-9-11-13-15-17-19-21-23-25-27-29-31-35-44-37-39(46-40(43)41-33-34-42(3)4)38-45-36-32-30-28-26-24-22-20-18-16-14-12-10-8-6-2/h39H,5-38H2,1-4H3,(H,41,43). The summed E-state index contributed by atoms with van der Waals surface area (Å²) in [5, 5.41) is 2.84. The van der Waals surface area contributed by atoms with Crippen molar-refractivity contribution in [1.29, 1.82) is 0 Å². The third kappa shape index (κ3) is 37.6. The van der Waals surface area contributed by atoms with Crippen LogP contribution < -0.4 is 5.32 Å². The highest BCUT2D eigenvalue weighted by Crippen LogP contribution is 2.14. The number of hydrogen-bond donors (Lipinski definition) is 1. The number of ether oxygens (including phenoxy) is 3. The van der Waals surface area contributed by atoms with E-state index in [0.717, 1.165) is 32.6 Å². The van der Waals surface area contributed by atoms with E-state index in [4.69, 9.17) is 14.2 Å². The SMILES string of the molecule is CCCCCCCCCCCCCCCCOCC(COCCCCCCCCCCCCCCCC)OC(=O)NCCN(C)C. The Hall–Kier alpha value is -0.850. The highest BCUT2D eigenvalue weighted by atomic mass is 16.6. The van der Waals surface area contributed by atoms with Gasteiger partial charge in [-0.25, -0.2) is 4.79 Å². The largest absolute Gasteiger partial charge is 0.441 e. The highest BCUT2D eigenvalue weighted by molar-refractivity contribution is 5.67. The van der Waals surface area contributed by atoms with Gasteiger partial charge in [-0.15, -0.1) is 0 Å². The van der Waals surface area contributed by atoms with Gasteiger partial charge in [-0.2, -0.15) is 0 Å². The molecule has 0 heterocycles. The average molecular weight is 655 g/mol. The van der Waals surface area contributed by atoms with E-state index in [9.17, 15) is 4.79 Å². The number of alkyl carbamates (subject to hydrolysis) is 1. The molecule has 0 radical (unpaired) electrons. The lowest BCUT2D eigenvalue weighted by molar-refractivity contribution is -0.0292. The van der Waals surface area contributed by atoms with Gasteiger partial charge in [-0.3, -0.25) is 0 Å². The predicted molar refractivity (Wildman–Crippen MR) is 199 cm³/mol. The Morgan fingerprint density at radius 3 is 1.11 bits per heavy atom. The molecule has 0 aliphatic rings. The van der Waals surface area contributed by atoms with Crippen LogP contribution in [-0.4, -0.2) is 70.7 Å². The zero-order valence-electron chi connectivity index (χ0n) is 31.7. The minimum atomic E-state index is -0.382. The third-order valence-electron chi connectivity index (χ3n) is 8.99. The predicted octanol–water partition coefficient (Wildman–Crippen LogP) is 11.6. The minimum Gasteiger partial charge on any atom is -0.441 e. The maximum Gasteiger partial charge on any atom is 0.407 e. The quantitative estimate of drug-likeness (QED) is 0.0671. The van der Waals surface area contributed by atoms with Crippen molar-refractivity contribution in [2.24, 2.45) is 0 Å². The molecule has 0 saturated carbocycles. The summed E-state index contributed by atoms with van der Waals surface area (Å²) >= 11 is 0. The summed E-state index contributed by atoms with van der Waals surface area (Å²) in [5.41, 5.74) is 0. The smallest absolute Gasteiger partial charge is 0.407 e. The first-order valence-electron chi connectivity index (χ1n) is 20.3. The number of amides is 1.